The Morgan fingerprint density at radius 2 is 1.21 bits per heavy atom. The number of carboxylic acid groups (broad SMARTS) is 1. The molecular formula is C36H60NO10P. The first kappa shape index (κ1) is 45.2. The number of carbonyl (C=O) groups excluding carboxylic acids is 2. The molecule has 274 valence electrons. The van der Waals surface area contributed by atoms with Crippen LogP contribution in [0.5, 0.6) is 0 Å². The van der Waals surface area contributed by atoms with E-state index < -0.39 is 57.7 Å². The number of allylic oxidation sites excluding steroid dienone is 10. The third-order valence-corrected chi connectivity index (χ3v) is 7.71. The molecule has 0 amide bonds. The highest BCUT2D eigenvalue weighted by atomic mass is 31.2. The summed E-state index contributed by atoms with van der Waals surface area (Å²) < 4.78 is 32.3. The van der Waals surface area contributed by atoms with Gasteiger partial charge >= 0.3 is 25.7 Å². The molecule has 48 heavy (non-hydrogen) atoms. The molecule has 0 bridgehead atoms. The molecule has 4 N–H and O–H groups in total. The average Bonchev–Trinajstić information content (AvgIpc) is 3.05. The van der Waals surface area contributed by atoms with Gasteiger partial charge in [0.25, 0.3) is 0 Å². The van der Waals surface area contributed by atoms with Gasteiger partial charge in [-0.3, -0.25) is 23.4 Å². The minimum absolute atomic E-state index is 0.0418. The highest BCUT2D eigenvalue weighted by Gasteiger charge is 2.28. The Morgan fingerprint density at radius 3 is 1.83 bits per heavy atom. The average molecular weight is 698 g/mol. The zero-order valence-corrected chi connectivity index (χ0v) is 29.9. The second-order valence-electron chi connectivity index (χ2n) is 11.3. The van der Waals surface area contributed by atoms with Gasteiger partial charge in [-0.15, -0.1) is 0 Å². The third kappa shape index (κ3) is 30.5. The fourth-order valence-electron chi connectivity index (χ4n) is 4.02. The fraction of sp³-hybridized carbons (Fsp3) is 0.639. The third-order valence-electron chi connectivity index (χ3n) is 6.76. The van der Waals surface area contributed by atoms with Crippen molar-refractivity contribution < 1.29 is 47.5 Å². The molecule has 0 fully saturated rings. The van der Waals surface area contributed by atoms with Crippen molar-refractivity contribution in [3.8, 4) is 0 Å². The van der Waals surface area contributed by atoms with Gasteiger partial charge in [-0.1, -0.05) is 107 Å². The summed E-state index contributed by atoms with van der Waals surface area (Å²) in [6, 6.07) is -1.54. The lowest BCUT2D eigenvalue weighted by molar-refractivity contribution is -0.161. The molecule has 12 heteroatoms. The second-order valence-corrected chi connectivity index (χ2v) is 12.7. The van der Waals surface area contributed by atoms with Gasteiger partial charge in [-0.2, -0.15) is 0 Å². The molecular weight excluding hydrogens is 637 g/mol. The summed E-state index contributed by atoms with van der Waals surface area (Å²) in [7, 11) is -4.73. The Hall–Kier alpha value is -2.82. The Kier molecular flexibility index (Phi) is 29.6. The summed E-state index contributed by atoms with van der Waals surface area (Å²) in [5.41, 5.74) is 5.29. The quantitative estimate of drug-likeness (QED) is 0.0277. The van der Waals surface area contributed by atoms with Crippen LogP contribution >= 0.6 is 7.82 Å². The summed E-state index contributed by atoms with van der Waals surface area (Å²) >= 11 is 0. The van der Waals surface area contributed by atoms with Gasteiger partial charge in [0.05, 0.1) is 13.2 Å². The lowest BCUT2D eigenvalue weighted by atomic mass is 10.1. The fourth-order valence-corrected chi connectivity index (χ4v) is 4.80. The number of carbonyl (C=O) groups is 3. The molecule has 0 saturated heterocycles. The largest absolute Gasteiger partial charge is 0.480 e. The van der Waals surface area contributed by atoms with Crippen LogP contribution in [0.25, 0.3) is 0 Å². The molecule has 0 spiro atoms. The van der Waals surface area contributed by atoms with E-state index in [1.165, 1.54) is 38.5 Å². The highest BCUT2D eigenvalue weighted by molar-refractivity contribution is 7.47. The first-order valence-electron chi connectivity index (χ1n) is 17.3. The van der Waals surface area contributed by atoms with Crippen LogP contribution in [0.3, 0.4) is 0 Å². The lowest BCUT2D eigenvalue weighted by Gasteiger charge is -2.20. The maximum Gasteiger partial charge on any atom is 0.472 e. The van der Waals surface area contributed by atoms with E-state index >= 15 is 0 Å². The zero-order chi connectivity index (χ0) is 35.7. The van der Waals surface area contributed by atoms with Crippen LogP contribution in [0.15, 0.2) is 60.8 Å². The minimum Gasteiger partial charge on any atom is -0.480 e. The molecule has 0 aliphatic carbocycles. The minimum atomic E-state index is -4.73. The van der Waals surface area contributed by atoms with E-state index in [0.717, 1.165) is 32.1 Å². The summed E-state index contributed by atoms with van der Waals surface area (Å²) in [6.07, 6.45) is 33.4. The van der Waals surface area contributed by atoms with E-state index in [-0.39, 0.29) is 12.8 Å². The molecule has 0 aromatic carbocycles. The molecule has 3 atom stereocenters. The van der Waals surface area contributed by atoms with Crippen molar-refractivity contribution in [2.45, 2.75) is 129 Å². The molecule has 0 aliphatic heterocycles. The van der Waals surface area contributed by atoms with Crippen LogP contribution in [0, 0.1) is 0 Å². The van der Waals surface area contributed by atoms with Crippen molar-refractivity contribution >= 4 is 25.7 Å². The van der Waals surface area contributed by atoms with Crippen LogP contribution < -0.4 is 5.73 Å². The van der Waals surface area contributed by atoms with Gasteiger partial charge in [-0.05, 0) is 57.8 Å². The Bertz CT molecular complexity index is 1050. The van der Waals surface area contributed by atoms with Crippen LogP contribution in [0.4, 0.5) is 0 Å². The Labute approximate surface area is 287 Å². The topological polar surface area (TPSA) is 172 Å². The molecule has 0 aromatic rings. The number of phosphoric acid groups is 1. The predicted octanol–water partition coefficient (Wildman–Crippen LogP) is 8.05. The molecule has 0 heterocycles. The highest BCUT2D eigenvalue weighted by Crippen LogP contribution is 2.43. The summed E-state index contributed by atoms with van der Waals surface area (Å²) in [6.45, 7) is 2.51. The van der Waals surface area contributed by atoms with E-state index in [1.807, 2.05) is 24.3 Å². The lowest BCUT2D eigenvalue weighted by Crippen LogP contribution is -2.34. The van der Waals surface area contributed by atoms with Gasteiger partial charge in [0.1, 0.15) is 12.6 Å². The molecule has 0 aliphatic rings. The van der Waals surface area contributed by atoms with Crippen LogP contribution in [0.2, 0.25) is 0 Å². The Balaban J connectivity index is 4.68. The molecule has 0 radical (unpaired) electrons. The molecule has 2 unspecified atom stereocenters. The SMILES string of the molecule is CC/C=C/C/C=C/C/C=C/CCCC(=O)OCC(COP(=O)(O)OC[C@H](N)C(=O)O)OC(=O)CC/C=C/C/C=C/CCCCCCCC. The van der Waals surface area contributed by atoms with Gasteiger partial charge in [0, 0.05) is 12.8 Å². The predicted molar refractivity (Wildman–Crippen MR) is 189 cm³/mol. The van der Waals surface area contributed by atoms with E-state index in [1.54, 1.807) is 0 Å². The van der Waals surface area contributed by atoms with Crippen LogP contribution in [0.1, 0.15) is 117 Å². The second kappa shape index (κ2) is 31.4. The van der Waals surface area contributed by atoms with Gasteiger partial charge in [-0.25, -0.2) is 4.57 Å². The van der Waals surface area contributed by atoms with Gasteiger partial charge in [0.2, 0.25) is 0 Å². The van der Waals surface area contributed by atoms with Crippen molar-refractivity contribution in [1.82, 2.24) is 0 Å². The number of nitrogens with two attached hydrogens (primary N) is 1. The van der Waals surface area contributed by atoms with Crippen LogP contribution in [-0.4, -0.2) is 59.9 Å². The monoisotopic (exact) mass is 697 g/mol. The van der Waals surface area contributed by atoms with E-state index in [2.05, 4.69) is 54.8 Å². The van der Waals surface area contributed by atoms with Gasteiger partial charge < -0.3 is 25.2 Å². The smallest absolute Gasteiger partial charge is 0.472 e. The first-order chi connectivity index (χ1) is 23.1. The van der Waals surface area contributed by atoms with E-state index in [9.17, 15) is 23.8 Å². The molecule has 0 rings (SSSR count). The van der Waals surface area contributed by atoms with Crippen molar-refractivity contribution in [1.29, 1.82) is 0 Å². The van der Waals surface area contributed by atoms with Crippen molar-refractivity contribution in [3.05, 3.63) is 60.8 Å². The maximum atomic E-state index is 12.5. The van der Waals surface area contributed by atoms with E-state index in [0.29, 0.717) is 19.3 Å². The standard InChI is InChI=1S/C36H60NO10P/c1-3-5-7-9-11-13-15-16-18-20-22-24-26-28-35(39)47-32(30-45-48(42,43)46-31-33(37)36(40)41)29-44-34(38)27-25-23-21-19-17-14-12-10-8-6-4-2/h6,8,12,14,16,18-19,21-22,24,32-33H,3-5,7,9-11,13,15,17,20,23,25-31,37H2,1-2H3,(H,40,41)(H,42,43)/b8-6+,14-12+,18-16+,21-19+,24-22+/t32?,33-/m0/s1. The number of ether oxygens (including phenoxy) is 2. The number of hydrogen-bond donors (Lipinski definition) is 3. The number of unbranched alkanes of at least 4 members (excludes halogenated alkanes) is 7. The summed E-state index contributed by atoms with van der Waals surface area (Å²) in [4.78, 5) is 45.5. The molecule has 11 nitrogen and oxygen atoms in total. The number of rotatable bonds is 31. The van der Waals surface area contributed by atoms with Crippen molar-refractivity contribution in [2.75, 3.05) is 19.8 Å². The Morgan fingerprint density at radius 1 is 0.667 bits per heavy atom. The van der Waals surface area contributed by atoms with E-state index in [4.69, 9.17) is 24.8 Å². The summed E-state index contributed by atoms with van der Waals surface area (Å²) in [5.74, 6) is -2.55. The van der Waals surface area contributed by atoms with Crippen molar-refractivity contribution in [3.63, 3.8) is 0 Å². The molecule has 0 aromatic heterocycles. The maximum absolute atomic E-state index is 12.5. The number of phosphoric ester groups is 1. The number of esters is 2. The summed E-state index contributed by atoms with van der Waals surface area (Å²) in [5, 5.41) is 8.83. The molecule has 0 saturated carbocycles. The van der Waals surface area contributed by atoms with Gasteiger partial charge in [0.15, 0.2) is 6.10 Å². The van der Waals surface area contributed by atoms with Crippen LogP contribution in [-0.2, 0) is 37.5 Å². The number of carboxylic acids is 1. The normalized spacial score (nSPS) is 14.8. The first-order valence-corrected chi connectivity index (χ1v) is 18.8. The number of hydrogen-bond acceptors (Lipinski definition) is 9. The number of aliphatic carboxylic acids is 1. The zero-order valence-electron chi connectivity index (χ0n) is 29.0. The van der Waals surface area contributed by atoms with Crippen molar-refractivity contribution in [2.24, 2.45) is 5.73 Å².